The number of rotatable bonds is 9. The highest BCUT2D eigenvalue weighted by atomic mass is 16.8. The Morgan fingerprint density at radius 3 is 2.02 bits per heavy atom. The molecule has 0 aromatic heterocycles. The van der Waals surface area contributed by atoms with Crippen LogP contribution in [0.5, 0.6) is 0 Å². The topological polar surface area (TPSA) is 336 Å². The van der Waals surface area contributed by atoms with E-state index in [-0.39, 0.29) is 6.29 Å². The normalized spacial score (nSPS) is 47.4. The van der Waals surface area contributed by atoms with Gasteiger partial charge < -0.3 is 82.9 Å². The fourth-order valence-corrected chi connectivity index (χ4v) is 5.08. The summed E-state index contributed by atoms with van der Waals surface area (Å²) in [6, 6.07) is -4.08. The Bertz CT molecular complexity index is 940. The van der Waals surface area contributed by atoms with Crippen molar-refractivity contribution in [1.29, 1.82) is 0 Å². The van der Waals surface area contributed by atoms with Crippen LogP contribution >= 0.6 is 0 Å². The molecule has 15 atom stereocenters. The summed E-state index contributed by atoms with van der Waals surface area (Å²) in [6.07, 6.45) is -17.3. The SMILES string of the molecule is CN[C@@H]1[C@H](OC2[C@H](O[C@H]3[C@H](O)[C@H](O)[C@H](N=C(N)N)[C@@H](O)[C@H]3N=C(N)N)OC(C)C2(O)C=O)O[C@@H](CO)[C@H](O)[C@@H]1O. The van der Waals surface area contributed by atoms with Crippen LogP contribution in [0, 0.1) is 0 Å². The Balaban J connectivity index is 1.96. The van der Waals surface area contributed by atoms with Gasteiger partial charge in [-0.2, -0.15) is 0 Å². The summed E-state index contributed by atoms with van der Waals surface area (Å²) in [5.41, 5.74) is 19.4. The maximum Gasteiger partial charge on any atom is 0.188 e. The number of carbonyl (C=O) groups excluding carboxylic acids is 1. The van der Waals surface area contributed by atoms with Crippen LogP contribution in [0.2, 0.25) is 0 Å². The van der Waals surface area contributed by atoms with Crippen molar-refractivity contribution >= 4 is 18.2 Å². The second-order valence-electron chi connectivity index (χ2n) is 9.89. The van der Waals surface area contributed by atoms with E-state index < -0.39 is 110 Å². The summed E-state index contributed by atoms with van der Waals surface area (Å²) in [5.74, 6) is -1.03. The summed E-state index contributed by atoms with van der Waals surface area (Å²) in [5, 5.41) is 76.6. The van der Waals surface area contributed by atoms with Gasteiger partial charge in [-0.05, 0) is 14.0 Å². The second kappa shape index (κ2) is 12.7. The van der Waals surface area contributed by atoms with Gasteiger partial charge in [-0.1, -0.05) is 0 Å². The number of carbonyl (C=O) groups is 1. The van der Waals surface area contributed by atoms with Gasteiger partial charge in [0.25, 0.3) is 0 Å². The van der Waals surface area contributed by atoms with Gasteiger partial charge in [0.2, 0.25) is 0 Å². The van der Waals surface area contributed by atoms with Gasteiger partial charge in [0, 0.05) is 0 Å². The van der Waals surface area contributed by atoms with Crippen LogP contribution in [0.4, 0.5) is 0 Å². The highest BCUT2D eigenvalue weighted by molar-refractivity contribution is 5.76. The van der Waals surface area contributed by atoms with Crippen molar-refractivity contribution in [2.24, 2.45) is 32.9 Å². The zero-order valence-electron chi connectivity index (χ0n) is 21.7. The Morgan fingerprint density at radius 2 is 1.50 bits per heavy atom. The van der Waals surface area contributed by atoms with E-state index in [4.69, 9.17) is 41.9 Å². The van der Waals surface area contributed by atoms with Crippen molar-refractivity contribution in [3.05, 3.63) is 0 Å². The van der Waals surface area contributed by atoms with Gasteiger partial charge in [0.1, 0.15) is 60.9 Å². The standard InChI is InChI=1S/C21H39N7O12/c1-5-21(36,4-30)16(40-17-9(26-2)13(34)10(31)6(3-29)38-17)18(37-5)39-15-8(28-20(24)25)11(32)7(27-19(22)23)12(33)14(15)35/h4-18,26,29,31-36H,3H2,1-2H3,(H4,22,23,27)(H4,24,25,28)/t5?,6-,7+,8+,9-,10-,11+,12+,13+,14+,15+,16?,17-,18-,21?/m0/s1. The quantitative estimate of drug-likeness (QED) is 0.0682. The van der Waals surface area contributed by atoms with Gasteiger partial charge >= 0.3 is 0 Å². The minimum Gasteiger partial charge on any atom is -0.394 e. The van der Waals surface area contributed by atoms with Gasteiger partial charge in [0.05, 0.1) is 18.8 Å². The molecule has 2 heterocycles. The number of nitrogens with two attached hydrogens (primary N) is 4. The van der Waals surface area contributed by atoms with Crippen LogP contribution in [0.1, 0.15) is 6.92 Å². The number of aldehydes is 1. The predicted octanol–water partition coefficient (Wildman–Crippen LogP) is -8.16. The first-order valence-corrected chi connectivity index (χ1v) is 12.4. The van der Waals surface area contributed by atoms with Crippen molar-refractivity contribution in [3.63, 3.8) is 0 Å². The van der Waals surface area contributed by atoms with Gasteiger partial charge in [-0.15, -0.1) is 0 Å². The second-order valence-corrected chi connectivity index (χ2v) is 9.89. The molecule has 3 aliphatic rings. The molecule has 0 bridgehead atoms. The first kappa shape index (κ1) is 32.2. The number of nitrogens with one attached hydrogen (secondary N) is 1. The van der Waals surface area contributed by atoms with Crippen LogP contribution in [-0.4, -0.2) is 159 Å². The minimum absolute atomic E-state index is 0.140. The lowest BCUT2D eigenvalue weighted by molar-refractivity contribution is -0.314. The minimum atomic E-state index is -2.38. The fraction of sp³-hybridized carbons (Fsp3) is 0.857. The summed E-state index contributed by atoms with van der Waals surface area (Å²) in [6.45, 7) is 0.620. The van der Waals surface area contributed by atoms with Crippen LogP contribution in [0.3, 0.4) is 0 Å². The van der Waals surface area contributed by atoms with Gasteiger partial charge in [-0.25, -0.2) is 9.98 Å². The molecule has 1 saturated carbocycles. The molecule has 40 heavy (non-hydrogen) atoms. The number of ether oxygens (including phenoxy) is 4. The molecule has 0 aromatic carbocycles. The maximum absolute atomic E-state index is 12.1. The average molecular weight is 582 g/mol. The lowest BCUT2D eigenvalue weighted by Gasteiger charge is -2.45. The highest BCUT2D eigenvalue weighted by Crippen LogP contribution is 2.38. The summed E-state index contributed by atoms with van der Waals surface area (Å²) < 4.78 is 22.9. The van der Waals surface area contributed by atoms with Crippen molar-refractivity contribution < 1.29 is 59.5 Å². The molecule has 1 aliphatic carbocycles. The number of likely N-dealkylation sites (N-methyl/N-ethyl adjacent to an activating group) is 1. The molecular weight excluding hydrogens is 542 g/mol. The van der Waals surface area contributed by atoms with E-state index in [1.165, 1.54) is 14.0 Å². The van der Waals surface area contributed by atoms with E-state index in [0.29, 0.717) is 0 Å². The third-order valence-electron chi connectivity index (χ3n) is 7.34. The lowest BCUT2D eigenvalue weighted by Crippen LogP contribution is -2.66. The van der Waals surface area contributed by atoms with Crippen molar-refractivity contribution in [3.8, 4) is 0 Å². The third-order valence-corrected chi connectivity index (χ3v) is 7.34. The molecule has 230 valence electrons. The first-order valence-electron chi connectivity index (χ1n) is 12.4. The zero-order valence-corrected chi connectivity index (χ0v) is 21.7. The third kappa shape index (κ3) is 6.00. The van der Waals surface area contributed by atoms with Crippen LogP contribution in [0.25, 0.3) is 0 Å². The molecule has 3 fully saturated rings. The highest BCUT2D eigenvalue weighted by Gasteiger charge is 2.60. The molecule has 16 N–H and O–H groups in total. The molecule has 19 nitrogen and oxygen atoms in total. The summed E-state index contributed by atoms with van der Waals surface area (Å²) in [7, 11) is 1.42. The fourth-order valence-electron chi connectivity index (χ4n) is 5.08. The molecule has 2 saturated heterocycles. The number of hydrogen-bond acceptors (Lipinski definition) is 15. The lowest BCUT2D eigenvalue weighted by atomic mass is 9.81. The van der Waals surface area contributed by atoms with Crippen LogP contribution < -0.4 is 28.3 Å². The maximum atomic E-state index is 12.1. The first-order chi connectivity index (χ1) is 18.7. The van der Waals surface area contributed by atoms with Crippen LogP contribution in [-0.2, 0) is 23.7 Å². The van der Waals surface area contributed by atoms with Gasteiger partial charge in [0.15, 0.2) is 36.4 Å². The monoisotopic (exact) mass is 581 g/mol. The number of aliphatic hydroxyl groups excluding tert-OH is 6. The number of nitrogens with zero attached hydrogens (tertiary/aromatic N) is 2. The van der Waals surface area contributed by atoms with E-state index >= 15 is 0 Å². The molecule has 19 heteroatoms. The Labute approximate surface area is 228 Å². The molecule has 3 rings (SSSR count). The number of aliphatic imine (C=N–C) groups is 2. The molecule has 0 radical (unpaired) electrons. The van der Waals surface area contributed by atoms with Crippen molar-refractivity contribution in [1.82, 2.24) is 5.32 Å². The molecule has 0 amide bonds. The number of guanidine groups is 2. The Hall–Kier alpha value is -2.27. The molecule has 3 unspecified atom stereocenters. The Morgan fingerprint density at radius 1 is 0.900 bits per heavy atom. The zero-order chi connectivity index (χ0) is 30.1. The van der Waals surface area contributed by atoms with E-state index in [2.05, 4.69) is 15.3 Å². The van der Waals surface area contributed by atoms with Crippen LogP contribution in [0.15, 0.2) is 9.98 Å². The Kier molecular flexibility index (Phi) is 10.2. The van der Waals surface area contributed by atoms with E-state index in [1.807, 2.05) is 0 Å². The molecular formula is C21H39N7O12. The average Bonchev–Trinajstić information content (AvgIpc) is 3.13. The molecule has 0 aromatic rings. The molecule has 2 aliphatic heterocycles. The predicted molar refractivity (Wildman–Crippen MR) is 133 cm³/mol. The number of hydrogen-bond donors (Lipinski definition) is 12. The van der Waals surface area contributed by atoms with E-state index in [1.54, 1.807) is 0 Å². The molecule has 0 spiro atoms. The summed E-state index contributed by atoms with van der Waals surface area (Å²) >= 11 is 0. The summed E-state index contributed by atoms with van der Waals surface area (Å²) in [4.78, 5) is 19.7. The van der Waals surface area contributed by atoms with Gasteiger partial charge in [-0.3, -0.25) is 4.79 Å². The van der Waals surface area contributed by atoms with E-state index in [0.717, 1.165) is 0 Å². The number of aliphatic hydroxyl groups is 7. The largest absolute Gasteiger partial charge is 0.394 e. The van der Waals surface area contributed by atoms with Crippen molar-refractivity contribution in [2.75, 3.05) is 13.7 Å². The van der Waals surface area contributed by atoms with Crippen molar-refractivity contribution in [2.45, 2.75) is 98.2 Å². The smallest absolute Gasteiger partial charge is 0.188 e. The van der Waals surface area contributed by atoms with E-state index in [9.17, 15) is 40.5 Å².